The van der Waals surface area contributed by atoms with Gasteiger partial charge in [-0.15, -0.1) is 12.3 Å². The summed E-state index contributed by atoms with van der Waals surface area (Å²) >= 11 is 0. The number of unbranched alkanes of at least 4 members (excludes halogenated alkanes) is 12. The van der Waals surface area contributed by atoms with Crippen LogP contribution in [-0.2, 0) is 25.1 Å². The van der Waals surface area contributed by atoms with Crippen LogP contribution in [0.2, 0.25) is 0 Å². The first kappa shape index (κ1) is 33.2. The molecule has 0 bridgehead atoms. The molecule has 1 unspecified atom stereocenters. The Kier molecular flexibility index (Phi) is 17.0. The number of nitrogens with two attached hydrogens (primary N) is 1. The number of hydrogen-bond acceptors (Lipinski definition) is 8. The number of hydrogen-bond donors (Lipinski definition) is 2. The molecule has 0 aromatic carbocycles. The SMILES string of the molecule is C#CCCCCCCCCCCCCCCOCCCOP(=O)(O)CO[C@H](C)Cn1cnc2c(N)ncnc21. The molecule has 2 rings (SSSR count). The fraction of sp³-hybridized carbons (Fsp3) is 0.750. The van der Waals surface area contributed by atoms with E-state index in [1.807, 2.05) is 0 Å². The third-order valence-corrected chi connectivity index (χ3v) is 7.55. The van der Waals surface area contributed by atoms with Crippen LogP contribution in [0.4, 0.5) is 5.82 Å². The zero-order valence-corrected chi connectivity index (χ0v) is 24.5. The summed E-state index contributed by atoms with van der Waals surface area (Å²) < 4.78 is 30.4. The molecule has 0 saturated carbocycles. The Morgan fingerprint density at radius 3 is 2.23 bits per heavy atom. The Bertz CT molecular complexity index is 1010. The summed E-state index contributed by atoms with van der Waals surface area (Å²) in [5.41, 5.74) is 6.91. The van der Waals surface area contributed by atoms with Crippen LogP contribution in [0.3, 0.4) is 0 Å². The van der Waals surface area contributed by atoms with Gasteiger partial charge in [-0.2, -0.15) is 0 Å². The molecule has 2 aromatic heterocycles. The van der Waals surface area contributed by atoms with Crippen molar-refractivity contribution < 1.29 is 23.5 Å². The Hall–Kier alpha value is -2.02. The Morgan fingerprint density at radius 1 is 0.949 bits per heavy atom. The van der Waals surface area contributed by atoms with E-state index >= 15 is 0 Å². The van der Waals surface area contributed by atoms with Crippen LogP contribution in [-0.4, -0.2) is 56.7 Å². The molecule has 2 heterocycles. The largest absolute Gasteiger partial charge is 0.382 e. The lowest BCUT2D eigenvalue weighted by molar-refractivity contribution is 0.0688. The fourth-order valence-corrected chi connectivity index (χ4v) is 5.22. The third-order valence-electron chi connectivity index (χ3n) is 6.49. The maximum atomic E-state index is 12.3. The molecule has 2 aromatic rings. The summed E-state index contributed by atoms with van der Waals surface area (Å²) in [6.07, 6.45) is 24.2. The first-order chi connectivity index (χ1) is 18.9. The minimum atomic E-state index is -3.84. The van der Waals surface area contributed by atoms with Gasteiger partial charge in [0.2, 0.25) is 0 Å². The molecule has 0 radical (unpaired) electrons. The van der Waals surface area contributed by atoms with Crippen molar-refractivity contribution in [3.05, 3.63) is 12.7 Å². The molecule has 0 aliphatic rings. The van der Waals surface area contributed by atoms with Crippen molar-refractivity contribution in [3.8, 4) is 12.3 Å². The lowest BCUT2D eigenvalue weighted by Crippen LogP contribution is -2.17. The first-order valence-electron chi connectivity index (χ1n) is 14.4. The normalized spacial score (nSPS) is 13.9. The topological polar surface area (TPSA) is 135 Å². The number of rotatable bonds is 24. The quantitative estimate of drug-likeness (QED) is 0.0881. The summed E-state index contributed by atoms with van der Waals surface area (Å²) in [7, 11) is -3.84. The molecule has 220 valence electrons. The molecule has 0 amide bonds. The second-order valence-corrected chi connectivity index (χ2v) is 11.9. The molecule has 2 atom stereocenters. The second-order valence-electron chi connectivity index (χ2n) is 10.1. The van der Waals surface area contributed by atoms with Crippen molar-refractivity contribution in [2.45, 2.75) is 109 Å². The number of terminal acetylenes is 1. The number of ether oxygens (including phenoxy) is 2. The number of nitrogen functional groups attached to an aromatic ring is 1. The minimum Gasteiger partial charge on any atom is -0.382 e. The van der Waals surface area contributed by atoms with Crippen molar-refractivity contribution in [1.29, 1.82) is 0 Å². The average molecular weight is 566 g/mol. The van der Waals surface area contributed by atoms with Gasteiger partial charge < -0.3 is 29.2 Å². The van der Waals surface area contributed by atoms with Gasteiger partial charge in [0, 0.05) is 19.6 Å². The highest BCUT2D eigenvalue weighted by molar-refractivity contribution is 7.52. The van der Waals surface area contributed by atoms with Crippen LogP contribution in [0, 0.1) is 12.3 Å². The lowest BCUT2D eigenvalue weighted by atomic mass is 10.0. The number of anilines is 1. The highest BCUT2D eigenvalue weighted by Gasteiger charge is 2.21. The Labute approximate surface area is 234 Å². The van der Waals surface area contributed by atoms with Crippen molar-refractivity contribution in [3.63, 3.8) is 0 Å². The van der Waals surface area contributed by atoms with Crippen LogP contribution in [0.1, 0.15) is 96.8 Å². The Morgan fingerprint density at radius 2 is 1.56 bits per heavy atom. The van der Waals surface area contributed by atoms with E-state index in [4.69, 9.17) is 26.2 Å². The molecule has 0 saturated heterocycles. The van der Waals surface area contributed by atoms with Gasteiger partial charge in [0.25, 0.3) is 0 Å². The van der Waals surface area contributed by atoms with Gasteiger partial charge in [-0.25, -0.2) is 15.0 Å². The summed E-state index contributed by atoms with van der Waals surface area (Å²) in [5, 5.41) is 0. The second kappa shape index (κ2) is 19.9. The van der Waals surface area contributed by atoms with E-state index in [-0.39, 0.29) is 19.1 Å². The first-order valence-corrected chi connectivity index (χ1v) is 16.2. The van der Waals surface area contributed by atoms with Crippen molar-refractivity contribution in [2.24, 2.45) is 0 Å². The molecule has 39 heavy (non-hydrogen) atoms. The van der Waals surface area contributed by atoms with Gasteiger partial charge in [-0.3, -0.25) is 4.57 Å². The van der Waals surface area contributed by atoms with Crippen LogP contribution in [0.25, 0.3) is 11.2 Å². The molecule has 0 spiro atoms. The highest BCUT2D eigenvalue weighted by atomic mass is 31.2. The predicted octanol–water partition coefficient (Wildman–Crippen LogP) is 6.08. The smallest absolute Gasteiger partial charge is 0.353 e. The monoisotopic (exact) mass is 565 g/mol. The van der Waals surface area contributed by atoms with E-state index in [2.05, 4.69) is 20.9 Å². The maximum absolute atomic E-state index is 12.3. The molecule has 0 aliphatic heterocycles. The minimum absolute atomic E-state index is 0.152. The van der Waals surface area contributed by atoms with Crippen molar-refractivity contribution >= 4 is 24.6 Å². The molecule has 0 aliphatic carbocycles. The van der Waals surface area contributed by atoms with E-state index in [0.29, 0.717) is 36.6 Å². The molecule has 11 heteroatoms. The molecule has 0 fully saturated rings. The van der Waals surface area contributed by atoms with Crippen molar-refractivity contribution in [1.82, 2.24) is 19.5 Å². The third kappa shape index (κ3) is 14.8. The van der Waals surface area contributed by atoms with Gasteiger partial charge in [0.1, 0.15) is 18.2 Å². The zero-order chi connectivity index (χ0) is 28.2. The van der Waals surface area contributed by atoms with Gasteiger partial charge >= 0.3 is 7.60 Å². The van der Waals surface area contributed by atoms with Gasteiger partial charge in [0.15, 0.2) is 11.5 Å². The van der Waals surface area contributed by atoms with Gasteiger partial charge in [-0.05, 0) is 26.2 Å². The van der Waals surface area contributed by atoms with E-state index in [1.54, 1.807) is 17.8 Å². The molecule has 3 N–H and O–H groups in total. The van der Waals surface area contributed by atoms with Crippen LogP contribution in [0.15, 0.2) is 12.7 Å². The van der Waals surface area contributed by atoms with Gasteiger partial charge in [-0.1, -0.05) is 64.2 Å². The summed E-state index contributed by atoms with van der Waals surface area (Å²) in [5.74, 6) is 3.01. The predicted molar refractivity (Wildman–Crippen MR) is 155 cm³/mol. The molecule has 10 nitrogen and oxygen atoms in total. The molecular weight excluding hydrogens is 517 g/mol. The van der Waals surface area contributed by atoms with E-state index in [0.717, 1.165) is 19.4 Å². The molecular formula is C28H48N5O5P. The van der Waals surface area contributed by atoms with Crippen LogP contribution in [0.5, 0.6) is 0 Å². The maximum Gasteiger partial charge on any atom is 0.353 e. The Balaban J connectivity index is 1.38. The summed E-state index contributed by atoms with van der Waals surface area (Å²) in [6.45, 7) is 3.58. The van der Waals surface area contributed by atoms with E-state index in [9.17, 15) is 9.46 Å². The highest BCUT2D eigenvalue weighted by Crippen LogP contribution is 2.42. The summed E-state index contributed by atoms with van der Waals surface area (Å²) in [4.78, 5) is 22.4. The number of fused-ring (bicyclic) bond motifs is 1. The zero-order valence-electron chi connectivity index (χ0n) is 23.6. The average Bonchev–Trinajstić information content (AvgIpc) is 3.32. The van der Waals surface area contributed by atoms with Crippen LogP contribution < -0.4 is 5.73 Å². The van der Waals surface area contributed by atoms with Gasteiger partial charge in [0.05, 0.1) is 25.6 Å². The number of nitrogens with zero attached hydrogens (tertiary/aromatic N) is 4. The fourth-order valence-electron chi connectivity index (χ4n) is 4.29. The van der Waals surface area contributed by atoms with E-state index in [1.165, 1.54) is 77.0 Å². The number of aromatic nitrogens is 4. The standard InChI is InChI=1S/C28H48N5O5P/c1-3-4-5-6-7-8-9-10-11-12-13-14-15-16-18-36-19-17-20-38-39(34,35)24-37-25(2)21-33-23-32-26-27(29)30-22-31-28(26)33/h1,22-23,25H,4-21,24H2,2H3,(H,34,35)(H2,29,30,31)/t25-/m1/s1. The summed E-state index contributed by atoms with van der Waals surface area (Å²) in [6, 6.07) is 0. The number of imidazole rings is 1. The van der Waals surface area contributed by atoms with Crippen molar-refractivity contribution in [2.75, 3.05) is 31.9 Å². The van der Waals surface area contributed by atoms with E-state index < -0.39 is 7.60 Å². The van der Waals surface area contributed by atoms with Crippen LogP contribution >= 0.6 is 7.60 Å². The lowest BCUT2D eigenvalue weighted by Gasteiger charge is -2.17.